The van der Waals surface area contributed by atoms with Gasteiger partial charge in [-0.2, -0.15) is 0 Å². The molecule has 0 aromatic carbocycles. The highest BCUT2D eigenvalue weighted by atomic mass is 16.5. The minimum Gasteiger partial charge on any atom is -0.466 e. The van der Waals surface area contributed by atoms with E-state index in [1.807, 2.05) is 20.8 Å². The third kappa shape index (κ3) is 3.76. The number of piperidine rings is 1. The number of hydrogen-bond acceptors (Lipinski definition) is 4. The zero-order valence-corrected chi connectivity index (χ0v) is 10.7. The van der Waals surface area contributed by atoms with E-state index in [0.717, 1.165) is 32.5 Å². The monoisotopic (exact) mass is 228 g/mol. The minimum atomic E-state index is -0.437. The van der Waals surface area contributed by atoms with E-state index in [1.165, 1.54) is 0 Å². The van der Waals surface area contributed by atoms with Crippen molar-refractivity contribution >= 4 is 5.97 Å². The smallest absolute Gasteiger partial charge is 0.312 e. The molecule has 2 N–H and O–H groups in total. The van der Waals surface area contributed by atoms with Crippen LogP contribution in [0.25, 0.3) is 0 Å². The molecule has 1 saturated heterocycles. The van der Waals surface area contributed by atoms with Gasteiger partial charge in [-0.05, 0) is 40.2 Å². The highest BCUT2D eigenvalue weighted by Gasteiger charge is 2.32. The van der Waals surface area contributed by atoms with Crippen LogP contribution >= 0.6 is 0 Å². The fourth-order valence-corrected chi connectivity index (χ4v) is 2.18. The van der Waals surface area contributed by atoms with Gasteiger partial charge >= 0.3 is 5.97 Å². The lowest BCUT2D eigenvalue weighted by Crippen LogP contribution is -2.48. The van der Waals surface area contributed by atoms with Crippen molar-refractivity contribution in [3.8, 4) is 0 Å². The van der Waals surface area contributed by atoms with Crippen LogP contribution in [-0.2, 0) is 9.53 Å². The van der Waals surface area contributed by atoms with Gasteiger partial charge in [-0.25, -0.2) is 0 Å². The molecule has 16 heavy (non-hydrogen) atoms. The minimum absolute atomic E-state index is 0.117. The summed E-state index contributed by atoms with van der Waals surface area (Å²) < 4.78 is 5.08. The standard InChI is InChI=1S/C12H24N2O2/c1-4-16-11(15)12(2,3)9-14-7-5-6-10(13)8-14/h10H,4-9,13H2,1-3H3. The first-order chi connectivity index (χ1) is 7.45. The molecule has 94 valence electrons. The van der Waals surface area contributed by atoms with Crippen LogP contribution in [0.2, 0.25) is 0 Å². The molecule has 1 aliphatic rings. The van der Waals surface area contributed by atoms with Gasteiger partial charge in [0.25, 0.3) is 0 Å². The van der Waals surface area contributed by atoms with E-state index in [0.29, 0.717) is 6.61 Å². The molecule has 1 rings (SSSR count). The van der Waals surface area contributed by atoms with Crippen molar-refractivity contribution in [3.05, 3.63) is 0 Å². The van der Waals surface area contributed by atoms with Crippen LogP contribution in [-0.4, -0.2) is 43.2 Å². The van der Waals surface area contributed by atoms with Crippen LogP contribution in [0.5, 0.6) is 0 Å². The van der Waals surface area contributed by atoms with Gasteiger partial charge in [0.2, 0.25) is 0 Å². The van der Waals surface area contributed by atoms with Crippen LogP contribution in [0.15, 0.2) is 0 Å². The van der Waals surface area contributed by atoms with Crippen LogP contribution in [0.1, 0.15) is 33.6 Å². The summed E-state index contributed by atoms with van der Waals surface area (Å²) in [4.78, 5) is 14.0. The molecule has 1 atom stereocenters. The second-order valence-electron chi connectivity index (χ2n) is 5.24. The van der Waals surface area contributed by atoms with Crippen molar-refractivity contribution < 1.29 is 9.53 Å². The Kier molecular flexibility index (Phi) is 4.74. The van der Waals surface area contributed by atoms with Gasteiger partial charge in [0.15, 0.2) is 0 Å². The number of likely N-dealkylation sites (tertiary alicyclic amines) is 1. The van der Waals surface area contributed by atoms with Gasteiger partial charge < -0.3 is 15.4 Å². The normalized spacial score (nSPS) is 23.1. The SMILES string of the molecule is CCOC(=O)C(C)(C)CN1CCCC(N)C1. The fraction of sp³-hybridized carbons (Fsp3) is 0.917. The van der Waals surface area contributed by atoms with Gasteiger partial charge in [-0.15, -0.1) is 0 Å². The zero-order valence-electron chi connectivity index (χ0n) is 10.7. The van der Waals surface area contributed by atoms with E-state index in [2.05, 4.69) is 4.90 Å². The molecule has 1 heterocycles. The Balaban J connectivity index is 2.47. The molecular weight excluding hydrogens is 204 g/mol. The Bertz CT molecular complexity index is 241. The second kappa shape index (κ2) is 5.64. The number of carbonyl (C=O) groups is 1. The average Bonchev–Trinajstić information content (AvgIpc) is 2.17. The number of esters is 1. The molecule has 0 aliphatic carbocycles. The number of rotatable bonds is 4. The molecule has 0 spiro atoms. The van der Waals surface area contributed by atoms with E-state index in [9.17, 15) is 4.79 Å². The molecule has 4 heteroatoms. The van der Waals surface area contributed by atoms with Crippen LogP contribution < -0.4 is 5.73 Å². The summed E-state index contributed by atoms with van der Waals surface area (Å²) in [6, 6.07) is 0.256. The van der Waals surface area contributed by atoms with E-state index in [-0.39, 0.29) is 12.0 Å². The predicted molar refractivity (Wildman–Crippen MR) is 64.1 cm³/mol. The van der Waals surface area contributed by atoms with Gasteiger partial charge in [-0.1, -0.05) is 0 Å². The van der Waals surface area contributed by atoms with E-state index in [4.69, 9.17) is 10.5 Å². The Morgan fingerprint density at radius 2 is 2.25 bits per heavy atom. The summed E-state index contributed by atoms with van der Waals surface area (Å²) in [7, 11) is 0. The second-order valence-corrected chi connectivity index (χ2v) is 5.24. The first kappa shape index (κ1) is 13.5. The molecule has 1 aliphatic heterocycles. The van der Waals surface area contributed by atoms with Crippen molar-refractivity contribution in [2.24, 2.45) is 11.1 Å². The quantitative estimate of drug-likeness (QED) is 0.729. The van der Waals surface area contributed by atoms with Gasteiger partial charge in [0.1, 0.15) is 0 Å². The van der Waals surface area contributed by atoms with Crippen molar-refractivity contribution in [2.45, 2.75) is 39.7 Å². The third-order valence-corrected chi connectivity index (χ3v) is 2.99. The Morgan fingerprint density at radius 1 is 1.56 bits per heavy atom. The van der Waals surface area contributed by atoms with Crippen molar-refractivity contribution in [1.29, 1.82) is 0 Å². The lowest BCUT2D eigenvalue weighted by atomic mass is 9.91. The molecule has 0 aromatic rings. The maximum Gasteiger partial charge on any atom is 0.312 e. The number of carbonyl (C=O) groups excluding carboxylic acids is 1. The first-order valence-electron chi connectivity index (χ1n) is 6.11. The predicted octanol–water partition coefficient (Wildman–Crippen LogP) is 0.999. The summed E-state index contributed by atoms with van der Waals surface area (Å²) in [5, 5.41) is 0. The maximum absolute atomic E-state index is 11.7. The summed E-state index contributed by atoms with van der Waals surface area (Å²) in [5.41, 5.74) is 5.48. The summed E-state index contributed by atoms with van der Waals surface area (Å²) in [6.45, 7) is 8.82. The highest BCUT2D eigenvalue weighted by molar-refractivity contribution is 5.76. The van der Waals surface area contributed by atoms with E-state index in [1.54, 1.807) is 0 Å². The molecule has 1 unspecified atom stereocenters. The van der Waals surface area contributed by atoms with Crippen molar-refractivity contribution in [3.63, 3.8) is 0 Å². The third-order valence-electron chi connectivity index (χ3n) is 2.99. The van der Waals surface area contributed by atoms with Gasteiger partial charge in [0, 0.05) is 19.1 Å². The van der Waals surface area contributed by atoms with Crippen molar-refractivity contribution in [1.82, 2.24) is 4.90 Å². The van der Waals surface area contributed by atoms with Crippen LogP contribution in [0.3, 0.4) is 0 Å². The average molecular weight is 228 g/mol. The Morgan fingerprint density at radius 3 is 2.81 bits per heavy atom. The molecule has 1 fully saturated rings. The topological polar surface area (TPSA) is 55.6 Å². The lowest BCUT2D eigenvalue weighted by Gasteiger charge is -2.35. The fourth-order valence-electron chi connectivity index (χ4n) is 2.18. The molecular formula is C12H24N2O2. The van der Waals surface area contributed by atoms with Crippen molar-refractivity contribution in [2.75, 3.05) is 26.2 Å². The number of nitrogens with zero attached hydrogens (tertiary/aromatic N) is 1. The highest BCUT2D eigenvalue weighted by Crippen LogP contribution is 2.21. The summed E-state index contributed by atoms with van der Waals surface area (Å²) in [6.07, 6.45) is 2.22. The van der Waals surface area contributed by atoms with Crippen LogP contribution in [0, 0.1) is 5.41 Å². The number of hydrogen-bond donors (Lipinski definition) is 1. The Labute approximate surface area is 98.1 Å². The first-order valence-corrected chi connectivity index (χ1v) is 6.11. The summed E-state index contributed by atoms with van der Waals surface area (Å²) in [5.74, 6) is -0.117. The molecule has 0 bridgehead atoms. The Hall–Kier alpha value is -0.610. The molecule has 0 amide bonds. The van der Waals surface area contributed by atoms with Gasteiger partial charge in [0.05, 0.1) is 12.0 Å². The molecule has 0 aromatic heterocycles. The largest absolute Gasteiger partial charge is 0.466 e. The zero-order chi connectivity index (χ0) is 12.2. The summed E-state index contributed by atoms with van der Waals surface area (Å²) >= 11 is 0. The number of nitrogens with two attached hydrogens (primary N) is 1. The molecule has 4 nitrogen and oxygen atoms in total. The van der Waals surface area contributed by atoms with E-state index < -0.39 is 5.41 Å². The molecule has 0 radical (unpaired) electrons. The van der Waals surface area contributed by atoms with E-state index >= 15 is 0 Å². The van der Waals surface area contributed by atoms with Gasteiger partial charge in [-0.3, -0.25) is 4.79 Å². The molecule has 0 saturated carbocycles. The van der Waals surface area contributed by atoms with Crippen LogP contribution in [0.4, 0.5) is 0 Å². The maximum atomic E-state index is 11.7. The lowest BCUT2D eigenvalue weighted by molar-refractivity contribution is -0.154. The number of ether oxygens (including phenoxy) is 1.